The van der Waals surface area contributed by atoms with Crippen molar-refractivity contribution in [1.29, 1.82) is 0 Å². The van der Waals surface area contributed by atoms with Gasteiger partial charge in [0.1, 0.15) is 11.5 Å². The van der Waals surface area contributed by atoms with Crippen LogP contribution < -0.4 is 4.74 Å². The van der Waals surface area contributed by atoms with Crippen LogP contribution in [0, 0.1) is 0 Å². The van der Waals surface area contributed by atoms with Gasteiger partial charge in [-0.1, -0.05) is 67.4 Å². The summed E-state index contributed by atoms with van der Waals surface area (Å²) >= 11 is 3.45. The number of amides is 1. The zero-order chi connectivity index (χ0) is 24.7. The molecule has 7 heteroatoms. The van der Waals surface area contributed by atoms with Crippen molar-refractivity contribution in [3.8, 4) is 5.75 Å². The largest absolute Gasteiger partial charge is 0.507 e. The number of likely N-dealkylation sites (N-methyl/N-ethyl adjacent to an activating group) is 1. The minimum atomic E-state index is -0.665. The lowest BCUT2D eigenvalue weighted by Gasteiger charge is -2.28. The number of Topliss-reactive ketones (excluding diaryl/α,β-unsaturated/α-hetero) is 1. The van der Waals surface area contributed by atoms with Crippen molar-refractivity contribution in [2.75, 3.05) is 32.8 Å². The third-order valence-electron chi connectivity index (χ3n) is 6.15. The Balaban J connectivity index is 2.03. The van der Waals surface area contributed by atoms with Gasteiger partial charge in [0.05, 0.1) is 18.2 Å². The highest BCUT2D eigenvalue weighted by Gasteiger charge is 2.45. The van der Waals surface area contributed by atoms with Crippen LogP contribution in [0.3, 0.4) is 0 Å². The third-order valence-corrected chi connectivity index (χ3v) is 6.68. The molecule has 1 N–H and O–H groups in total. The minimum absolute atomic E-state index is 0.109. The van der Waals surface area contributed by atoms with Crippen molar-refractivity contribution in [3.05, 3.63) is 69.7 Å². The average molecular weight is 529 g/mol. The molecule has 1 saturated heterocycles. The van der Waals surface area contributed by atoms with E-state index in [1.165, 1.54) is 0 Å². The molecule has 2 aromatic carbocycles. The maximum atomic E-state index is 13.2. The summed E-state index contributed by atoms with van der Waals surface area (Å²) in [5, 5.41) is 11.3. The van der Waals surface area contributed by atoms with E-state index in [0.717, 1.165) is 36.0 Å². The zero-order valence-electron chi connectivity index (χ0n) is 20.1. The first kappa shape index (κ1) is 26.0. The van der Waals surface area contributed by atoms with Crippen LogP contribution in [0.25, 0.3) is 5.76 Å². The molecule has 0 radical (unpaired) electrons. The fraction of sp³-hybridized carbons (Fsp3) is 0.407. The van der Waals surface area contributed by atoms with E-state index in [0.29, 0.717) is 31.0 Å². The number of hydrogen-bond donors (Lipinski definition) is 1. The molecule has 1 fully saturated rings. The molecule has 1 aliphatic rings. The molecule has 0 spiro atoms. The van der Waals surface area contributed by atoms with E-state index >= 15 is 0 Å². The molecule has 182 valence electrons. The number of benzene rings is 2. The maximum absolute atomic E-state index is 13.2. The number of halogens is 1. The number of nitrogens with zero attached hydrogens (tertiary/aromatic N) is 2. The van der Waals surface area contributed by atoms with Crippen molar-refractivity contribution in [2.45, 2.75) is 39.7 Å². The SMILES string of the molecule is CCCCOc1cccc(C(O)=C2C(=O)C(=O)N(CCN(CC)CC)C2c2ccc(Br)cc2)c1. The zero-order valence-corrected chi connectivity index (χ0v) is 21.7. The molecule has 6 nitrogen and oxygen atoms in total. The van der Waals surface area contributed by atoms with E-state index in [2.05, 4.69) is 41.6 Å². The summed E-state index contributed by atoms with van der Waals surface area (Å²) in [6.07, 6.45) is 1.95. The minimum Gasteiger partial charge on any atom is -0.507 e. The molecule has 34 heavy (non-hydrogen) atoms. The van der Waals surface area contributed by atoms with Gasteiger partial charge in [0.2, 0.25) is 0 Å². The van der Waals surface area contributed by atoms with Crippen LogP contribution in [-0.4, -0.2) is 59.4 Å². The number of aliphatic hydroxyl groups is 1. The molecular formula is C27H33BrN2O4. The van der Waals surface area contributed by atoms with Gasteiger partial charge in [-0.05, 0) is 49.3 Å². The van der Waals surface area contributed by atoms with Crippen LogP contribution in [-0.2, 0) is 9.59 Å². The first-order chi connectivity index (χ1) is 16.4. The van der Waals surface area contributed by atoms with Gasteiger partial charge < -0.3 is 19.6 Å². The van der Waals surface area contributed by atoms with Gasteiger partial charge in [-0.15, -0.1) is 0 Å². The summed E-state index contributed by atoms with van der Waals surface area (Å²) < 4.78 is 6.67. The number of hydrogen-bond acceptors (Lipinski definition) is 5. The van der Waals surface area contributed by atoms with E-state index in [4.69, 9.17) is 4.74 Å². The number of rotatable bonds is 11. The van der Waals surface area contributed by atoms with Crippen molar-refractivity contribution >= 4 is 33.4 Å². The Labute approximate surface area is 210 Å². The van der Waals surface area contributed by atoms with Crippen molar-refractivity contribution in [2.24, 2.45) is 0 Å². The standard InChI is InChI=1S/C27H33BrN2O4/c1-4-7-17-34-22-10-8-9-20(18-22)25(31)23-24(19-11-13-21(28)14-12-19)30(27(33)26(23)32)16-15-29(5-2)6-3/h8-14,18,24,31H,4-7,15-17H2,1-3H3. The predicted molar refractivity (Wildman–Crippen MR) is 138 cm³/mol. The molecule has 0 saturated carbocycles. The quantitative estimate of drug-likeness (QED) is 0.183. The Morgan fingerprint density at radius 2 is 1.79 bits per heavy atom. The van der Waals surface area contributed by atoms with Crippen LogP contribution >= 0.6 is 15.9 Å². The summed E-state index contributed by atoms with van der Waals surface area (Å²) in [4.78, 5) is 30.1. The van der Waals surface area contributed by atoms with Crippen LogP contribution in [0.4, 0.5) is 0 Å². The summed E-state index contributed by atoms with van der Waals surface area (Å²) in [7, 11) is 0. The monoisotopic (exact) mass is 528 g/mol. The smallest absolute Gasteiger partial charge is 0.295 e. The molecule has 1 heterocycles. The van der Waals surface area contributed by atoms with Crippen molar-refractivity contribution in [1.82, 2.24) is 9.80 Å². The fourth-order valence-corrected chi connectivity index (χ4v) is 4.38. The number of aliphatic hydroxyl groups excluding tert-OH is 1. The molecule has 1 unspecified atom stereocenters. The maximum Gasteiger partial charge on any atom is 0.295 e. The van der Waals surface area contributed by atoms with Crippen molar-refractivity contribution in [3.63, 3.8) is 0 Å². The van der Waals surface area contributed by atoms with Crippen LogP contribution in [0.2, 0.25) is 0 Å². The van der Waals surface area contributed by atoms with Crippen LogP contribution in [0.5, 0.6) is 5.75 Å². The highest BCUT2D eigenvalue weighted by Crippen LogP contribution is 2.40. The molecule has 0 aromatic heterocycles. The Bertz CT molecular complexity index is 1030. The van der Waals surface area contributed by atoms with Gasteiger partial charge in [-0.3, -0.25) is 9.59 Å². The number of unbranched alkanes of at least 4 members (excludes halogenated alkanes) is 1. The molecule has 3 rings (SSSR count). The summed E-state index contributed by atoms with van der Waals surface area (Å²) in [5.41, 5.74) is 1.34. The van der Waals surface area contributed by atoms with E-state index in [1.807, 2.05) is 30.3 Å². The number of carbonyl (C=O) groups is 2. The number of likely N-dealkylation sites (tertiary alicyclic amines) is 1. The second kappa shape index (κ2) is 12.2. The Morgan fingerprint density at radius 1 is 1.09 bits per heavy atom. The first-order valence-corrected chi connectivity index (χ1v) is 12.7. The molecule has 1 atom stereocenters. The van der Waals surface area contributed by atoms with E-state index in [1.54, 1.807) is 23.1 Å². The normalized spacial score (nSPS) is 17.6. The summed E-state index contributed by atoms with van der Waals surface area (Å²) in [6, 6.07) is 13.9. The topological polar surface area (TPSA) is 70.1 Å². The van der Waals surface area contributed by atoms with Crippen molar-refractivity contribution < 1.29 is 19.4 Å². The number of carbonyl (C=O) groups excluding carboxylic acids is 2. The van der Waals surface area contributed by atoms with Gasteiger partial charge in [0.25, 0.3) is 11.7 Å². The summed E-state index contributed by atoms with van der Waals surface area (Å²) in [6.45, 7) is 9.56. The van der Waals surface area contributed by atoms with E-state index in [-0.39, 0.29) is 11.3 Å². The van der Waals surface area contributed by atoms with Gasteiger partial charge in [0.15, 0.2) is 0 Å². The predicted octanol–water partition coefficient (Wildman–Crippen LogP) is 5.39. The number of ketones is 1. The molecule has 0 bridgehead atoms. The lowest BCUT2D eigenvalue weighted by molar-refractivity contribution is -0.140. The third kappa shape index (κ3) is 5.88. The van der Waals surface area contributed by atoms with Gasteiger partial charge >= 0.3 is 0 Å². The average Bonchev–Trinajstić information content (AvgIpc) is 3.10. The second-order valence-corrected chi connectivity index (χ2v) is 9.22. The van der Waals surface area contributed by atoms with E-state index < -0.39 is 17.7 Å². The number of ether oxygens (including phenoxy) is 1. The van der Waals surface area contributed by atoms with Gasteiger partial charge in [0, 0.05) is 23.1 Å². The van der Waals surface area contributed by atoms with E-state index in [9.17, 15) is 14.7 Å². The van der Waals surface area contributed by atoms with Gasteiger partial charge in [-0.2, -0.15) is 0 Å². The molecule has 0 aliphatic carbocycles. The van der Waals surface area contributed by atoms with Crippen LogP contribution in [0.1, 0.15) is 50.8 Å². The highest BCUT2D eigenvalue weighted by molar-refractivity contribution is 9.10. The first-order valence-electron chi connectivity index (χ1n) is 11.9. The molecule has 2 aromatic rings. The second-order valence-electron chi connectivity index (χ2n) is 8.30. The Kier molecular flexibility index (Phi) is 9.30. The fourth-order valence-electron chi connectivity index (χ4n) is 4.11. The Hall–Kier alpha value is -2.64. The lowest BCUT2D eigenvalue weighted by Crippen LogP contribution is -2.38. The van der Waals surface area contributed by atoms with Crippen LogP contribution in [0.15, 0.2) is 58.6 Å². The Morgan fingerprint density at radius 3 is 2.44 bits per heavy atom. The lowest BCUT2D eigenvalue weighted by atomic mass is 9.95. The molecule has 1 amide bonds. The molecule has 1 aliphatic heterocycles. The summed E-state index contributed by atoms with van der Waals surface area (Å²) in [5.74, 6) is -0.815. The van der Waals surface area contributed by atoms with Gasteiger partial charge in [-0.25, -0.2) is 0 Å². The highest BCUT2D eigenvalue weighted by atomic mass is 79.9. The molecular weight excluding hydrogens is 496 g/mol.